The molecule has 0 heterocycles. The molecule has 3 aromatic carbocycles. The molecule has 0 aliphatic heterocycles. The van der Waals surface area contributed by atoms with Crippen LogP contribution in [0.1, 0.15) is 34.0 Å². The summed E-state index contributed by atoms with van der Waals surface area (Å²) in [6.07, 6.45) is 2.72. The standard InChI is InChI=1S/C28H29NO3/c1-4-23-18-22(20-26(30)29(3)17-16-21-12-8-6-9-13-21)19-25(28(31)32-5-2)27(23)24-14-10-7-11-15-24/h4,6-15,18-19H,1,5,16-17,20H2,2-3H3. The largest absolute Gasteiger partial charge is 0.462 e. The maximum Gasteiger partial charge on any atom is 0.338 e. The van der Waals surface area contributed by atoms with Crippen LogP contribution < -0.4 is 0 Å². The second-order valence-electron chi connectivity index (χ2n) is 7.63. The van der Waals surface area contributed by atoms with Gasteiger partial charge in [-0.15, -0.1) is 0 Å². The van der Waals surface area contributed by atoms with Gasteiger partial charge in [0.2, 0.25) is 5.91 Å². The highest BCUT2D eigenvalue weighted by Crippen LogP contribution is 2.31. The molecule has 0 radical (unpaired) electrons. The number of esters is 1. The smallest absolute Gasteiger partial charge is 0.338 e. The van der Waals surface area contributed by atoms with E-state index < -0.39 is 5.97 Å². The van der Waals surface area contributed by atoms with Crippen molar-refractivity contribution in [1.82, 2.24) is 4.90 Å². The van der Waals surface area contributed by atoms with Gasteiger partial charge in [-0.05, 0) is 41.7 Å². The normalized spacial score (nSPS) is 10.4. The minimum Gasteiger partial charge on any atom is -0.462 e. The SMILES string of the molecule is C=Cc1cc(CC(=O)N(C)CCc2ccccc2)cc(C(=O)OCC)c1-c1ccccc1. The lowest BCUT2D eigenvalue weighted by Gasteiger charge is -2.19. The summed E-state index contributed by atoms with van der Waals surface area (Å²) in [5.41, 5.74) is 4.88. The van der Waals surface area contributed by atoms with Crippen molar-refractivity contribution in [1.29, 1.82) is 0 Å². The highest BCUT2D eigenvalue weighted by atomic mass is 16.5. The molecule has 0 saturated heterocycles. The monoisotopic (exact) mass is 427 g/mol. The Balaban J connectivity index is 1.86. The molecule has 1 amide bonds. The van der Waals surface area contributed by atoms with Gasteiger partial charge in [0.25, 0.3) is 0 Å². The van der Waals surface area contributed by atoms with Crippen molar-refractivity contribution < 1.29 is 14.3 Å². The number of benzene rings is 3. The predicted molar refractivity (Wildman–Crippen MR) is 129 cm³/mol. The van der Waals surface area contributed by atoms with Crippen LogP contribution in [0.5, 0.6) is 0 Å². The first kappa shape index (κ1) is 23.0. The third-order valence-electron chi connectivity index (χ3n) is 5.37. The molecule has 0 aliphatic rings. The lowest BCUT2D eigenvalue weighted by atomic mass is 9.91. The molecule has 0 aliphatic carbocycles. The molecule has 4 heteroatoms. The first-order chi connectivity index (χ1) is 15.5. The summed E-state index contributed by atoms with van der Waals surface area (Å²) in [5.74, 6) is -0.403. The minimum atomic E-state index is -0.402. The average Bonchev–Trinajstić information content (AvgIpc) is 2.83. The van der Waals surface area contributed by atoms with E-state index in [1.165, 1.54) is 5.56 Å². The zero-order valence-electron chi connectivity index (χ0n) is 18.7. The molecule has 0 aromatic heterocycles. The van der Waals surface area contributed by atoms with Gasteiger partial charge in [0.1, 0.15) is 0 Å². The van der Waals surface area contributed by atoms with Crippen LogP contribution in [0.4, 0.5) is 0 Å². The maximum atomic E-state index is 12.9. The van der Waals surface area contributed by atoms with Crippen molar-refractivity contribution in [3.8, 4) is 11.1 Å². The molecule has 0 bridgehead atoms. The van der Waals surface area contributed by atoms with Gasteiger partial charge in [-0.1, -0.05) is 79.4 Å². The summed E-state index contributed by atoms with van der Waals surface area (Å²) in [7, 11) is 1.81. The Labute approximate surface area is 190 Å². The van der Waals surface area contributed by atoms with Crippen LogP contribution in [0.25, 0.3) is 17.2 Å². The van der Waals surface area contributed by atoms with Crippen LogP contribution in [0.3, 0.4) is 0 Å². The van der Waals surface area contributed by atoms with Gasteiger partial charge in [0.15, 0.2) is 0 Å². The first-order valence-electron chi connectivity index (χ1n) is 10.8. The molecule has 0 atom stereocenters. The lowest BCUT2D eigenvalue weighted by Crippen LogP contribution is -2.30. The topological polar surface area (TPSA) is 46.6 Å². The second-order valence-corrected chi connectivity index (χ2v) is 7.63. The van der Waals surface area contributed by atoms with E-state index in [0.717, 1.165) is 28.7 Å². The Bertz CT molecular complexity index is 1070. The van der Waals surface area contributed by atoms with Crippen LogP contribution >= 0.6 is 0 Å². The van der Waals surface area contributed by atoms with Gasteiger partial charge in [-0.25, -0.2) is 4.79 Å². The zero-order valence-corrected chi connectivity index (χ0v) is 18.7. The molecular weight excluding hydrogens is 398 g/mol. The number of nitrogens with zero attached hydrogens (tertiary/aromatic N) is 1. The lowest BCUT2D eigenvalue weighted by molar-refractivity contribution is -0.129. The van der Waals surface area contributed by atoms with Crippen molar-refractivity contribution in [3.05, 3.63) is 102 Å². The number of rotatable bonds is 9. The van der Waals surface area contributed by atoms with Crippen molar-refractivity contribution in [2.75, 3.05) is 20.2 Å². The van der Waals surface area contributed by atoms with Gasteiger partial charge in [-0.3, -0.25) is 4.79 Å². The molecular formula is C28H29NO3. The Hall–Kier alpha value is -3.66. The first-order valence-corrected chi connectivity index (χ1v) is 10.8. The Morgan fingerprint density at radius 2 is 1.62 bits per heavy atom. The number of hydrogen-bond acceptors (Lipinski definition) is 3. The van der Waals surface area contributed by atoms with Gasteiger partial charge >= 0.3 is 5.97 Å². The summed E-state index contributed by atoms with van der Waals surface area (Å²) in [5, 5.41) is 0. The second kappa shape index (κ2) is 11.1. The van der Waals surface area contributed by atoms with E-state index in [2.05, 4.69) is 18.7 Å². The van der Waals surface area contributed by atoms with Crippen molar-refractivity contribution in [3.63, 3.8) is 0 Å². The molecule has 0 saturated carbocycles. The molecule has 0 N–H and O–H groups in total. The third-order valence-corrected chi connectivity index (χ3v) is 5.37. The number of hydrogen-bond donors (Lipinski definition) is 0. The fraction of sp³-hybridized carbons (Fsp3) is 0.214. The molecule has 3 rings (SSSR count). The Morgan fingerprint density at radius 3 is 2.25 bits per heavy atom. The van der Waals surface area contributed by atoms with Crippen LogP contribution in [-0.2, 0) is 22.4 Å². The van der Waals surface area contributed by atoms with Crippen molar-refractivity contribution in [2.45, 2.75) is 19.8 Å². The average molecular weight is 428 g/mol. The van der Waals surface area contributed by atoms with E-state index in [0.29, 0.717) is 12.1 Å². The number of ether oxygens (including phenoxy) is 1. The summed E-state index contributed by atoms with van der Waals surface area (Å²) in [6.45, 7) is 6.62. The molecule has 3 aromatic rings. The number of carbonyl (C=O) groups excluding carboxylic acids is 2. The number of likely N-dealkylation sites (N-methyl/N-ethyl adjacent to an activating group) is 1. The highest BCUT2D eigenvalue weighted by Gasteiger charge is 2.20. The van der Waals surface area contributed by atoms with E-state index in [9.17, 15) is 9.59 Å². The molecule has 0 spiro atoms. The summed E-state index contributed by atoms with van der Waals surface area (Å²) in [4.78, 5) is 27.4. The third kappa shape index (κ3) is 5.73. The minimum absolute atomic E-state index is 0.00165. The molecule has 4 nitrogen and oxygen atoms in total. The molecule has 0 unspecified atom stereocenters. The maximum absolute atomic E-state index is 12.9. The molecule has 32 heavy (non-hydrogen) atoms. The fourth-order valence-electron chi connectivity index (χ4n) is 3.66. The fourth-order valence-corrected chi connectivity index (χ4v) is 3.66. The Kier molecular flexibility index (Phi) is 7.98. The Morgan fingerprint density at radius 1 is 0.969 bits per heavy atom. The van der Waals surface area contributed by atoms with Gasteiger partial charge in [0.05, 0.1) is 18.6 Å². The van der Waals surface area contributed by atoms with Crippen LogP contribution in [0.2, 0.25) is 0 Å². The quantitative estimate of drug-likeness (QED) is 0.429. The number of carbonyl (C=O) groups is 2. The van der Waals surface area contributed by atoms with Gasteiger partial charge < -0.3 is 9.64 Å². The van der Waals surface area contributed by atoms with E-state index in [4.69, 9.17) is 4.74 Å². The van der Waals surface area contributed by atoms with E-state index in [1.807, 2.05) is 61.6 Å². The van der Waals surface area contributed by atoms with Crippen LogP contribution in [0.15, 0.2) is 79.4 Å². The molecule has 0 fully saturated rings. The summed E-state index contributed by atoms with van der Waals surface area (Å²) < 4.78 is 5.32. The van der Waals surface area contributed by atoms with Crippen LogP contribution in [-0.4, -0.2) is 37.0 Å². The van der Waals surface area contributed by atoms with Crippen molar-refractivity contribution in [2.24, 2.45) is 0 Å². The summed E-state index contributed by atoms with van der Waals surface area (Å²) in [6, 6.07) is 23.5. The highest BCUT2D eigenvalue weighted by molar-refractivity contribution is 6.00. The van der Waals surface area contributed by atoms with Crippen molar-refractivity contribution >= 4 is 18.0 Å². The van der Waals surface area contributed by atoms with Crippen LogP contribution in [0, 0.1) is 0 Å². The number of amides is 1. The zero-order chi connectivity index (χ0) is 22.9. The predicted octanol–water partition coefficient (Wildman–Crippen LogP) is 5.42. The molecule has 164 valence electrons. The van der Waals surface area contributed by atoms with Gasteiger partial charge in [0, 0.05) is 19.2 Å². The van der Waals surface area contributed by atoms with E-state index in [-0.39, 0.29) is 18.9 Å². The van der Waals surface area contributed by atoms with E-state index in [1.54, 1.807) is 24.0 Å². The summed E-state index contributed by atoms with van der Waals surface area (Å²) >= 11 is 0. The van der Waals surface area contributed by atoms with E-state index >= 15 is 0 Å². The van der Waals surface area contributed by atoms with Gasteiger partial charge in [-0.2, -0.15) is 0 Å².